The molecule has 1 saturated heterocycles. The molecule has 0 saturated carbocycles. The molecule has 0 aliphatic carbocycles. The van der Waals surface area contributed by atoms with Crippen molar-refractivity contribution in [1.29, 1.82) is 0 Å². The predicted octanol–water partition coefficient (Wildman–Crippen LogP) is 5.35. The van der Waals surface area contributed by atoms with Crippen LogP contribution in [-0.2, 0) is 17.1 Å². The minimum atomic E-state index is -0.134. The van der Waals surface area contributed by atoms with Crippen LogP contribution in [0.15, 0.2) is 83.8 Å². The van der Waals surface area contributed by atoms with Gasteiger partial charge in [0, 0.05) is 41.4 Å². The highest BCUT2D eigenvalue weighted by atomic mass is 32.2. The summed E-state index contributed by atoms with van der Waals surface area (Å²) in [7, 11) is 0. The summed E-state index contributed by atoms with van der Waals surface area (Å²) in [5.41, 5.74) is 3.64. The number of hydrogen-bond donors (Lipinski definition) is 1. The van der Waals surface area contributed by atoms with Gasteiger partial charge in [-0.05, 0) is 53.9 Å². The van der Waals surface area contributed by atoms with E-state index < -0.39 is 0 Å². The van der Waals surface area contributed by atoms with Gasteiger partial charge < -0.3 is 10.2 Å². The summed E-state index contributed by atoms with van der Waals surface area (Å²) >= 11 is 1.79. The number of amides is 2. The number of hydrogen-bond acceptors (Lipinski definition) is 3. The zero-order chi connectivity index (χ0) is 20.8. The number of carbonyl (C=O) groups excluding carboxylic acids is 2. The van der Waals surface area contributed by atoms with Crippen LogP contribution in [0.1, 0.15) is 34.3 Å². The monoisotopic (exact) mass is 416 g/mol. The summed E-state index contributed by atoms with van der Waals surface area (Å²) in [6, 6.07) is 25.7. The first-order valence-electron chi connectivity index (χ1n) is 10.1. The Balaban J connectivity index is 1.30. The minimum Gasteiger partial charge on any atom is -0.338 e. The van der Waals surface area contributed by atoms with E-state index in [9.17, 15) is 9.59 Å². The maximum atomic E-state index is 12.5. The van der Waals surface area contributed by atoms with Crippen LogP contribution in [0.4, 0.5) is 5.69 Å². The predicted molar refractivity (Wildman–Crippen MR) is 121 cm³/mol. The van der Waals surface area contributed by atoms with Gasteiger partial charge in [-0.15, -0.1) is 11.8 Å². The van der Waals surface area contributed by atoms with Gasteiger partial charge in [0.25, 0.3) is 5.91 Å². The van der Waals surface area contributed by atoms with E-state index in [-0.39, 0.29) is 11.8 Å². The SMILES string of the molecule is O=C(Nc1ccc(CSc2ccccc2)cc1)c1ccc(CN2CCCC2=O)cc1. The lowest BCUT2D eigenvalue weighted by Crippen LogP contribution is -2.23. The van der Waals surface area contributed by atoms with Crippen LogP contribution in [0.2, 0.25) is 0 Å². The van der Waals surface area contributed by atoms with E-state index in [1.807, 2.05) is 71.6 Å². The van der Waals surface area contributed by atoms with Crippen molar-refractivity contribution in [3.8, 4) is 0 Å². The molecular weight excluding hydrogens is 392 g/mol. The van der Waals surface area contributed by atoms with E-state index in [1.54, 1.807) is 11.8 Å². The van der Waals surface area contributed by atoms with Crippen LogP contribution >= 0.6 is 11.8 Å². The molecule has 3 aromatic carbocycles. The third kappa shape index (κ3) is 5.30. The van der Waals surface area contributed by atoms with Gasteiger partial charge >= 0.3 is 0 Å². The summed E-state index contributed by atoms with van der Waals surface area (Å²) in [5, 5.41) is 2.95. The van der Waals surface area contributed by atoms with Gasteiger partial charge in [0.15, 0.2) is 0 Å². The van der Waals surface area contributed by atoms with E-state index in [4.69, 9.17) is 0 Å². The van der Waals surface area contributed by atoms with Crippen molar-refractivity contribution in [1.82, 2.24) is 4.90 Å². The average Bonchev–Trinajstić information content (AvgIpc) is 3.19. The third-order valence-electron chi connectivity index (χ3n) is 5.12. The van der Waals surface area contributed by atoms with Crippen LogP contribution in [0.5, 0.6) is 0 Å². The molecule has 1 heterocycles. The molecule has 0 unspecified atom stereocenters. The maximum Gasteiger partial charge on any atom is 0.255 e. The molecule has 1 N–H and O–H groups in total. The zero-order valence-corrected chi connectivity index (χ0v) is 17.5. The number of likely N-dealkylation sites (tertiary alicyclic amines) is 1. The van der Waals surface area contributed by atoms with Crippen molar-refractivity contribution >= 4 is 29.3 Å². The minimum absolute atomic E-state index is 0.134. The van der Waals surface area contributed by atoms with Gasteiger partial charge in [-0.25, -0.2) is 0 Å². The number of rotatable bonds is 7. The number of benzene rings is 3. The standard InChI is InChI=1S/C25H24N2O2S/c28-24-7-4-16-27(24)17-19-8-12-21(13-9-19)25(29)26-22-14-10-20(11-15-22)18-30-23-5-2-1-3-6-23/h1-3,5-6,8-15H,4,7,16-18H2,(H,26,29). The van der Waals surface area contributed by atoms with Crippen molar-refractivity contribution in [2.75, 3.05) is 11.9 Å². The van der Waals surface area contributed by atoms with E-state index in [2.05, 4.69) is 17.4 Å². The van der Waals surface area contributed by atoms with Crippen molar-refractivity contribution in [2.24, 2.45) is 0 Å². The summed E-state index contributed by atoms with van der Waals surface area (Å²) in [5.74, 6) is 0.965. The highest BCUT2D eigenvalue weighted by Gasteiger charge is 2.20. The molecule has 3 aromatic rings. The van der Waals surface area contributed by atoms with E-state index >= 15 is 0 Å². The van der Waals surface area contributed by atoms with Gasteiger partial charge in [0.1, 0.15) is 0 Å². The van der Waals surface area contributed by atoms with E-state index in [1.165, 1.54) is 10.5 Å². The largest absolute Gasteiger partial charge is 0.338 e. The van der Waals surface area contributed by atoms with Crippen molar-refractivity contribution in [2.45, 2.75) is 30.0 Å². The molecule has 0 radical (unpaired) electrons. The van der Waals surface area contributed by atoms with Crippen molar-refractivity contribution in [3.05, 3.63) is 95.6 Å². The number of thioether (sulfide) groups is 1. The Bertz CT molecular complexity index is 1000. The lowest BCUT2D eigenvalue weighted by atomic mass is 10.1. The average molecular weight is 417 g/mol. The van der Waals surface area contributed by atoms with Crippen molar-refractivity contribution < 1.29 is 9.59 Å². The Labute approximate surface area is 181 Å². The van der Waals surface area contributed by atoms with Gasteiger partial charge in [0.2, 0.25) is 5.91 Å². The Morgan fingerprint density at radius 1 is 0.900 bits per heavy atom. The van der Waals surface area contributed by atoms with Gasteiger partial charge in [-0.3, -0.25) is 9.59 Å². The van der Waals surface area contributed by atoms with E-state index in [0.29, 0.717) is 18.5 Å². The molecule has 4 nitrogen and oxygen atoms in total. The Kier molecular flexibility index (Phi) is 6.50. The zero-order valence-electron chi connectivity index (χ0n) is 16.7. The van der Waals surface area contributed by atoms with E-state index in [0.717, 1.165) is 30.0 Å². The normalized spacial score (nSPS) is 13.5. The molecule has 2 amide bonds. The van der Waals surface area contributed by atoms with Gasteiger partial charge in [-0.1, -0.05) is 42.5 Å². The van der Waals surface area contributed by atoms with Crippen molar-refractivity contribution in [3.63, 3.8) is 0 Å². The molecule has 1 aliphatic rings. The molecule has 0 aromatic heterocycles. The van der Waals surface area contributed by atoms with Crippen LogP contribution in [-0.4, -0.2) is 23.3 Å². The number of anilines is 1. The Hall–Kier alpha value is -3.05. The summed E-state index contributed by atoms with van der Waals surface area (Å²) < 4.78 is 0. The Morgan fingerprint density at radius 3 is 2.27 bits per heavy atom. The number of nitrogens with one attached hydrogen (secondary N) is 1. The van der Waals surface area contributed by atoms with Crippen LogP contribution in [0, 0.1) is 0 Å². The number of carbonyl (C=O) groups is 2. The second kappa shape index (κ2) is 9.63. The molecule has 4 rings (SSSR count). The maximum absolute atomic E-state index is 12.5. The molecule has 1 fully saturated rings. The topological polar surface area (TPSA) is 49.4 Å². The third-order valence-corrected chi connectivity index (χ3v) is 6.20. The highest BCUT2D eigenvalue weighted by Crippen LogP contribution is 2.23. The lowest BCUT2D eigenvalue weighted by Gasteiger charge is -2.15. The smallest absolute Gasteiger partial charge is 0.255 e. The molecular formula is C25H24N2O2S. The van der Waals surface area contributed by atoms with Crippen LogP contribution in [0.3, 0.4) is 0 Å². The van der Waals surface area contributed by atoms with Gasteiger partial charge in [-0.2, -0.15) is 0 Å². The quantitative estimate of drug-likeness (QED) is 0.528. The summed E-state index contributed by atoms with van der Waals surface area (Å²) in [6.07, 6.45) is 1.58. The molecule has 0 spiro atoms. The summed E-state index contributed by atoms with van der Waals surface area (Å²) in [6.45, 7) is 1.43. The first-order chi connectivity index (χ1) is 14.7. The molecule has 1 aliphatic heterocycles. The van der Waals surface area contributed by atoms with Crippen LogP contribution in [0.25, 0.3) is 0 Å². The fourth-order valence-corrected chi connectivity index (χ4v) is 4.30. The second-order valence-corrected chi connectivity index (χ2v) is 8.42. The fourth-order valence-electron chi connectivity index (χ4n) is 3.42. The molecule has 30 heavy (non-hydrogen) atoms. The molecule has 0 atom stereocenters. The number of nitrogens with zero attached hydrogens (tertiary/aromatic N) is 1. The summed E-state index contributed by atoms with van der Waals surface area (Å²) in [4.78, 5) is 27.4. The van der Waals surface area contributed by atoms with Gasteiger partial charge in [0.05, 0.1) is 0 Å². The first kappa shape index (κ1) is 20.2. The lowest BCUT2D eigenvalue weighted by molar-refractivity contribution is -0.128. The molecule has 152 valence electrons. The second-order valence-electron chi connectivity index (χ2n) is 7.37. The van der Waals surface area contributed by atoms with Crippen LogP contribution < -0.4 is 5.32 Å². The molecule has 5 heteroatoms. The highest BCUT2D eigenvalue weighted by molar-refractivity contribution is 7.98. The molecule has 0 bridgehead atoms. The Morgan fingerprint density at radius 2 is 1.60 bits per heavy atom. The fraction of sp³-hybridized carbons (Fsp3) is 0.200. The first-order valence-corrected chi connectivity index (χ1v) is 11.1.